The summed E-state index contributed by atoms with van der Waals surface area (Å²) >= 11 is 7.37. The van der Waals surface area contributed by atoms with Crippen molar-refractivity contribution >= 4 is 35.3 Å². The zero-order valence-electron chi connectivity index (χ0n) is 11.7. The quantitative estimate of drug-likeness (QED) is 0.617. The molecule has 0 aliphatic heterocycles. The van der Waals surface area contributed by atoms with Crippen LogP contribution in [0.3, 0.4) is 0 Å². The Hall–Kier alpha value is -1.64. The van der Waals surface area contributed by atoms with E-state index in [1.807, 2.05) is 18.7 Å². The Bertz CT molecular complexity index is 606. The van der Waals surface area contributed by atoms with Gasteiger partial charge in [0, 0.05) is 19.3 Å². The van der Waals surface area contributed by atoms with Gasteiger partial charge >= 0.3 is 0 Å². The summed E-state index contributed by atoms with van der Waals surface area (Å²) in [5.41, 5.74) is 2.46. The molecule has 0 amide bonds. The molecule has 0 unspecified atom stereocenters. The van der Waals surface area contributed by atoms with Crippen molar-refractivity contribution in [2.45, 2.75) is 24.0 Å². The Labute approximate surface area is 132 Å². The van der Waals surface area contributed by atoms with Crippen LogP contribution in [0.15, 0.2) is 28.5 Å². The summed E-state index contributed by atoms with van der Waals surface area (Å²) in [6, 6.07) is 3.54. The highest BCUT2D eigenvalue weighted by molar-refractivity contribution is 7.99. The van der Waals surface area contributed by atoms with Crippen LogP contribution in [0.25, 0.3) is 0 Å². The van der Waals surface area contributed by atoms with Crippen molar-refractivity contribution in [3.8, 4) is 0 Å². The normalized spacial score (nSPS) is 10.5. The molecule has 0 aliphatic rings. The van der Waals surface area contributed by atoms with Gasteiger partial charge in [0.15, 0.2) is 0 Å². The average Bonchev–Trinajstić information content (AvgIpc) is 2.50. The van der Waals surface area contributed by atoms with Crippen LogP contribution in [0.1, 0.15) is 13.8 Å². The second-order valence-electron chi connectivity index (χ2n) is 3.95. The van der Waals surface area contributed by atoms with Gasteiger partial charge in [-0.25, -0.2) is 10.8 Å². The summed E-state index contributed by atoms with van der Waals surface area (Å²) in [7, 11) is 0. The average molecular weight is 326 g/mol. The molecule has 0 radical (unpaired) electrons. The minimum absolute atomic E-state index is 0.307. The molecule has 0 bridgehead atoms. The van der Waals surface area contributed by atoms with Gasteiger partial charge in [-0.05, 0) is 37.7 Å². The lowest BCUT2D eigenvalue weighted by Crippen LogP contribution is -2.25. The third kappa shape index (κ3) is 3.93. The lowest BCUT2D eigenvalue weighted by Gasteiger charge is -2.19. The van der Waals surface area contributed by atoms with Crippen molar-refractivity contribution in [3.05, 3.63) is 23.4 Å². The highest BCUT2D eigenvalue weighted by Gasteiger charge is 2.13. The topological polar surface area (TPSA) is 92.9 Å². The van der Waals surface area contributed by atoms with Gasteiger partial charge in [-0.15, -0.1) is 0 Å². The van der Waals surface area contributed by atoms with Crippen LogP contribution >= 0.6 is 23.4 Å². The number of hydrazine groups is 1. The highest BCUT2D eigenvalue weighted by Crippen LogP contribution is 2.30. The lowest BCUT2D eigenvalue weighted by atomic mass is 10.5. The summed E-state index contributed by atoms with van der Waals surface area (Å²) in [4.78, 5) is 19.1. The molecule has 0 saturated carbocycles. The first-order chi connectivity index (χ1) is 10.2. The number of nitrogen functional groups attached to an aromatic ring is 1. The summed E-state index contributed by atoms with van der Waals surface area (Å²) in [6.45, 7) is 5.65. The summed E-state index contributed by atoms with van der Waals surface area (Å²) < 4.78 is 0. The minimum Gasteiger partial charge on any atom is -0.341 e. The smallest absolute Gasteiger partial charge is 0.242 e. The molecule has 21 heavy (non-hydrogen) atoms. The predicted molar refractivity (Wildman–Crippen MR) is 84.6 cm³/mol. The van der Waals surface area contributed by atoms with E-state index in [1.165, 1.54) is 11.8 Å². The van der Waals surface area contributed by atoms with Gasteiger partial charge in [0.05, 0.1) is 5.02 Å². The van der Waals surface area contributed by atoms with Crippen LogP contribution in [0.2, 0.25) is 5.02 Å². The van der Waals surface area contributed by atoms with Gasteiger partial charge in [0.2, 0.25) is 17.1 Å². The number of nitrogens with one attached hydrogen (secondary N) is 1. The number of halogens is 1. The number of hydrogen-bond acceptors (Lipinski definition) is 8. The van der Waals surface area contributed by atoms with Crippen LogP contribution < -0.4 is 16.2 Å². The van der Waals surface area contributed by atoms with Gasteiger partial charge in [0.1, 0.15) is 5.03 Å². The van der Waals surface area contributed by atoms with E-state index in [0.29, 0.717) is 27.1 Å². The molecular formula is C12H16ClN7S. The van der Waals surface area contributed by atoms with Crippen LogP contribution in [0, 0.1) is 0 Å². The Kier molecular flexibility index (Phi) is 5.54. The molecule has 9 heteroatoms. The Balaban J connectivity index is 2.35. The molecular weight excluding hydrogens is 310 g/mol. The fourth-order valence-electron chi connectivity index (χ4n) is 1.64. The van der Waals surface area contributed by atoms with Crippen molar-refractivity contribution in [1.82, 2.24) is 19.9 Å². The van der Waals surface area contributed by atoms with Gasteiger partial charge in [-0.3, -0.25) is 5.43 Å². The van der Waals surface area contributed by atoms with E-state index in [2.05, 4.69) is 25.4 Å². The molecule has 2 rings (SSSR count). The zero-order valence-corrected chi connectivity index (χ0v) is 13.3. The van der Waals surface area contributed by atoms with E-state index in [0.717, 1.165) is 13.1 Å². The molecule has 0 atom stereocenters. The van der Waals surface area contributed by atoms with E-state index in [1.54, 1.807) is 18.3 Å². The molecule has 112 valence electrons. The zero-order chi connectivity index (χ0) is 15.2. The van der Waals surface area contributed by atoms with Crippen LogP contribution in [-0.2, 0) is 0 Å². The standard InChI is InChI=1S/C12H16ClN7S/c1-3-20(4-2)11-16-10(19-14)17-12(18-11)21-9-8(13)6-5-7-15-9/h5-7H,3-4,14H2,1-2H3,(H,16,17,18,19). The fourth-order valence-corrected chi connectivity index (χ4v) is 2.59. The molecule has 3 N–H and O–H groups in total. The van der Waals surface area contributed by atoms with Crippen LogP contribution in [0.4, 0.5) is 11.9 Å². The van der Waals surface area contributed by atoms with Gasteiger partial charge in [0.25, 0.3) is 0 Å². The molecule has 2 aromatic heterocycles. The first-order valence-corrected chi connectivity index (χ1v) is 7.63. The molecule has 0 fully saturated rings. The lowest BCUT2D eigenvalue weighted by molar-refractivity contribution is 0.783. The van der Waals surface area contributed by atoms with Crippen LogP contribution in [0.5, 0.6) is 0 Å². The van der Waals surface area contributed by atoms with E-state index >= 15 is 0 Å². The molecule has 0 aliphatic carbocycles. The van der Waals surface area contributed by atoms with E-state index in [9.17, 15) is 0 Å². The Morgan fingerprint density at radius 1 is 1.29 bits per heavy atom. The number of pyridine rings is 1. The van der Waals surface area contributed by atoms with Crippen LogP contribution in [-0.4, -0.2) is 33.0 Å². The van der Waals surface area contributed by atoms with Gasteiger partial charge in [-0.1, -0.05) is 11.6 Å². The molecule has 2 heterocycles. The van der Waals surface area contributed by atoms with Crippen molar-refractivity contribution < 1.29 is 0 Å². The predicted octanol–water partition coefficient (Wildman–Crippen LogP) is 2.20. The maximum absolute atomic E-state index is 6.10. The second-order valence-corrected chi connectivity index (χ2v) is 5.31. The monoisotopic (exact) mass is 325 g/mol. The molecule has 7 nitrogen and oxygen atoms in total. The maximum Gasteiger partial charge on any atom is 0.242 e. The number of nitrogens with zero attached hydrogens (tertiary/aromatic N) is 5. The third-order valence-electron chi connectivity index (χ3n) is 2.69. The summed E-state index contributed by atoms with van der Waals surface area (Å²) in [5.74, 6) is 6.30. The van der Waals surface area contributed by atoms with Crippen molar-refractivity contribution in [3.63, 3.8) is 0 Å². The number of rotatable bonds is 6. The minimum atomic E-state index is 0.307. The van der Waals surface area contributed by atoms with Crippen molar-refractivity contribution in [1.29, 1.82) is 0 Å². The highest BCUT2D eigenvalue weighted by atomic mass is 35.5. The maximum atomic E-state index is 6.10. The summed E-state index contributed by atoms with van der Waals surface area (Å²) in [6.07, 6.45) is 1.67. The van der Waals surface area contributed by atoms with E-state index in [-0.39, 0.29) is 0 Å². The first-order valence-electron chi connectivity index (χ1n) is 6.43. The van der Waals surface area contributed by atoms with E-state index in [4.69, 9.17) is 17.4 Å². The number of aromatic nitrogens is 4. The SMILES string of the molecule is CCN(CC)c1nc(NN)nc(Sc2ncccc2Cl)n1. The fraction of sp³-hybridized carbons (Fsp3) is 0.333. The molecule has 0 spiro atoms. The molecule has 0 saturated heterocycles. The van der Waals surface area contributed by atoms with Gasteiger partial charge < -0.3 is 4.90 Å². The second kappa shape index (κ2) is 7.39. The van der Waals surface area contributed by atoms with Gasteiger partial charge in [-0.2, -0.15) is 15.0 Å². The number of nitrogens with two attached hydrogens (primary N) is 1. The third-order valence-corrected chi connectivity index (χ3v) is 3.99. The summed E-state index contributed by atoms with van der Waals surface area (Å²) in [5, 5.41) is 1.67. The first kappa shape index (κ1) is 15.7. The molecule has 0 aromatic carbocycles. The van der Waals surface area contributed by atoms with Crippen molar-refractivity contribution in [2.75, 3.05) is 23.4 Å². The van der Waals surface area contributed by atoms with Crippen molar-refractivity contribution in [2.24, 2.45) is 5.84 Å². The molecule has 2 aromatic rings. The number of anilines is 2. The Morgan fingerprint density at radius 2 is 2.05 bits per heavy atom. The number of hydrogen-bond donors (Lipinski definition) is 2. The largest absolute Gasteiger partial charge is 0.341 e. The Morgan fingerprint density at radius 3 is 2.67 bits per heavy atom. The van der Waals surface area contributed by atoms with E-state index < -0.39 is 0 Å².